The first-order valence-corrected chi connectivity index (χ1v) is 10.8. The van der Waals surface area contributed by atoms with Crippen LogP contribution in [0.15, 0.2) is 94.7 Å². The predicted octanol–water partition coefficient (Wildman–Crippen LogP) is 6.60. The normalized spacial score (nSPS) is 11.1. The number of fused-ring (bicyclic) bond motifs is 1. The van der Waals surface area contributed by atoms with Crippen molar-refractivity contribution in [2.45, 2.75) is 13.3 Å². The number of rotatable bonds is 8. The second kappa shape index (κ2) is 10.0. The number of allylic oxidation sites excluding steroid dienone is 1. The van der Waals surface area contributed by atoms with Crippen LogP contribution in [0.1, 0.15) is 16.7 Å². The van der Waals surface area contributed by atoms with Crippen molar-refractivity contribution in [2.75, 3.05) is 13.7 Å². The zero-order valence-corrected chi connectivity index (χ0v) is 18.8. The first kappa shape index (κ1) is 22.2. The van der Waals surface area contributed by atoms with Gasteiger partial charge in [-0.1, -0.05) is 67.3 Å². The van der Waals surface area contributed by atoms with Crippen molar-refractivity contribution in [2.24, 2.45) is 0 Å². The SMILES string of the molecule is C=CCOc1ccc2c(=O)c(C)c(-c3ccccc3)oc2c1C=CCc1cccc(OC)c1. The van der Waals surface area contributed by atoms with E-state index in [2.05, 4.69) is 6.58 Å². The summed E-state index contributed by atoms with van der Waals surface area (Å²) in [6.07, 6.45) is 6.37. The van der Waals surface area contributed by atoms with Crippen molar-refractivity contribution in [3.8, 4) is 22.8 Å². The molecule has 4 heteroatoms. The van der Waals surface area contributed by atoms with E-state index in [1.807, 2.05) is 72.8 Å². The fraction of sp³-hybridized carbons (Fsp3) is 0.138. The number of methoxy groups -OCH3 is 1. The molecule has 0 bridgehead atoms. The zero-order valence-electron chi connectivity index (χ0n) is 18.8. The van der Waals surface area contributed by atoms with Crippen LogP contribution in [0, 0.1) is 6.92 Å². The first-order valence-electron chi connectivity index (χ1n) is 10.8. The fourth-order valence-electron chi connectivity index (χ4n) is 3.76. The quantitative estimate of drug-likeness (QED) is 0.291. The van der Waals surface area contributed by atoms with Gasteiger partial charge in [0.1, 0.15) is 29.4 Å². The minimum Gasteiger partial charge on any atom is -0.497 e. The second-order valence-corrected chi connectivity index (χ2v) is 7.66. The van der Waals surface area contributed by atoms with E-state index in [0.29, 0.717) is 41.1 Å². The Morgan fingerprint density at radius 1 is 1.03 bits per heavy atom. The Bertz CT molecular complexity index is 1360. The van der Waals surface area contributed by atoms with Crippen molar-refractivity contribution in [1.82, 2.24) is 0 Å². The van der Waals surface area contributed by atoms with Gasteiger partial charge < -0.3 is 13.9 Å². The molecule has 0 amide bonds. The molecular weight excluding hydrogens is 412 g/mol. The predicted molar refractivity (Wildman–Crippen MR) is 134 cm³/mol. The van der Waals surface area contributed by atoms with Gasteiger partial charge in [-0.05, 0) is 43.2 Å². The van der Waals surface area contributed by atoms with Gasteiger partial charge in [-0.25, -0.2) is 0 Å². The minimum absolute atomic E-state index is 0.0483. The third kappa shape index (κ3) is 4.75. The Morgan fingerprint density at radius 2 is 1.85 bits per heavy atom. The molecule has 0 fully saturated rings. The molecule has 1 heterocycles. The standard InChI is InChI=1S/C29H26O4/c1-4-18-32-26-17-16-25-27(30)20(2)28(22-12-6-5-7-13-22)33-29(25)24(26)15-9-11-21-10-8-14-23(19-21)31-3/h4-10,12-17,19H,1,11,18H2,2-3H3. The molecule has 1 aromatic heterocycles. The molecule has 4 nitrogen and oxygen atoms in total. The molecule has 166 valence electrons. The van der Waals surface area contributed by atoms with Crippen LogP contribution in [0.4, 0.5) is 0 Å². The van der Waals surface area contributed by atoms with E-state index >= 15 is 0 Å². The third-order valence-corrected chi connectivity index (χ3v) is 5.45. The number of ether oxygens (including phenoxy) is 2. The van der Waals surface area contributed by atoms with Gasteiger partial charge in [-0.3, -0.25) is 4.79 Å². The average Bonchev–Trinajstić information content (AvgIpc) is 2.86. The molecule has 0 aliphatic rings. The molecule has 0 saturated heterocycles. The van der Waals surface area contributed by atoms with E-state index in [4.69, 9.17) is 13.9 Å². The molecule has 0 atom stereocenters. The maximum absolute atomic E-state index is 13.2. The smallest absolute Gasteiger partial charge is 0.196 e. The van der Waals surface area contributed by atoms with E-state index < -0.39 is 0 Å². The summed E-state index contributed by atoms with van der Waals surface area (Å²) in [7, 11) is 1.66. The molecule has 3 aromatic carbocycles. The fourth-order valence-corrected chi connectivity index (χ4v) is 3.76. The summed E-state index contributed by atoms with van der Waals surface area (Å²) in [6, 6.07) is 21.2. The highest BCUT2D eigenvalue weighted by Gasteiger charge is 2.17. The van der Waals surface area contributed by atoms with Crippen LogP contribution in [-0.4, -0.2) is 13.7 Å². The lowest BCUT2D eigenvalue weighted by Gasteiger charge is -2.13. The summed E-state index contributed by atoms with van der Waals surface area (Å²) in [5, 5.41) is 0.527. The molecule has 33 heavy (non-hydrogen) atoms. The molecule has 4 aromatic rings. The van der Waals surface area contributed by atoms with Crippen molar-refractivity contribution in [3.05, 3.63) is 112 Å². The van der Waals surface area contributed by atoms with Crippen molar-refractivity contribution < 1.29 is 13.9 Å². The van der Waals surface area contributed by atoms with Gasteiger partial charge >= 0.3 is 0 Å². The van der Waals surface area contributed by atoms with Crippen molar-refractivity contribution in [3.63, 3.8) is 0 Å². The highest BCUT2D eigenvalue weighted by atomic mass is 16.5. The molecule has 0 aliphatic carbocycles. The Balaban J connectivity index is 1.84. The van der Waals surface area contributed by atoms with Crippen LogP contribution in [0.5, 0.6) is 11.5 Å². The first-order chi connectivity index (χ1) is 16.1. The Hall–Kier alpha value is -4.05. The van der Waals surface area contributed by atoms with E-state index in [-0.39, 0.29) is 5.43 Å². The summed E-state index contributed by atoms with van der Waals surface area (Å²) in [6.45, 7) is 5.89. The Kier molecular flexibility index (Phi) is 6.75. The summed E-state index contributed by atoms with van der Waals surface area (Å²) >= 11 is 0. The average molecular weight is 439 g/mol. The maximum Gasteiger partial charge on any atom is 0.196 e. The minimum atomic E-state index is -0.0483. The lowest BCUT2D eigenvalue weighted by molar-refractivity contribution is 0.362. The van der Waals surface area contributed by atoms with Crippen LogP contribution in [-0.2, 0) is 6.42 Å². The number of hydrogen-bond donors (Lipinski definition) is 0. The van der Waals surface area contributed by atoms with Crippen LogP contribution in [0.2, 0.25) is 0 Å². The molecule has 0 saturated carbocycles. The molecule has 0 spiro atoms. The lowest BCUT2D eigenvalue weighted by Crippen LogP contribution is -2.08. The van der Waals surface area contributed by atoms with Gasteiger partial charge in [0.15, 0.2) is 5.43 Å². The van der Waals surface area contributed by atoms with Crippen LogP contribution >= 0.6 is 0 Å². The Morgan fingerprint density at radius 3 is 2.61 bits per heavy atom. The van der Waals surface area contributed by atoms with Gasteiger partial charge in [0.05, 0.1) is 18.1 Å². The van der Waals surface area contributed by atoms with Gasteiger partial charge in [-0.2, -0.15) is 0 Å². The van der Waals surface area contributed by atoms with Gasteiger partial charge in [0.2, 0.25) is 0 Å². The largest absolute Gasteiger partial charge is 0.497 e. The molecule has 0 unspecified atom stereocenters. The second-order valence-electron chi connectivity index (χ2n) is 7.66. The van der Waals surface area contributed by atoms with E-state index in [9.17, 15) is 4.79 Å². The zero-order chi connectivity index (χ0) is 23.2. The van der Waals surface area contributed by atoms with Crippen LogP contribution < -0.4 is 14.9 Å². The molecule has 0 N–H and O–H groups in total. The van der Waals surface area contributed by atoms with Gasteiger partial charge in [-0.15, -0.1) is 0 Å². The Labute approximate surface area is 193 Å². The van der Waals surface area contributed by atoms with E-state index in [0.717, 1.165) is 22.4 Å². The van der Waals surface area contributed by atoms with E-state index in [1.165, 1.54) is 0 Å². The number of benzene rings is 3. The third-order valence-electron chi connectivity index (χ3n) is 5.45. The highest BCUT2D eigenvalue weighted by molar-refractivity contribution is 5.90. The van der Waals surface area contributed by atoms with Gasteiger partial charge in [0, 0.05) is 11.1 Å². The monoisotopic (exact) mass is 438 g/mol. The van der Waals surface area contributed by atoms with Crippen molar-refractivity contribution >= 4 is 17.0 Å². The molecular formula is C29H26O4. The van der Waals surface area contributed by atoms with Gasteiger partial charge in [0.25, 0.3) is 0 Å². The maximum atomic E-state index is 13.2. The number of hydrogen-bond acceptors (Lipinski definition) is 4. The van der Waals surface area contributed by atoms with Crippen LogP contribution in [0.25, 0.3) is 28.4 Å². The molecule has 0 aliphatic heterocycles. The lowest BCUT2D eigenvalue weighted by atomic mass is 10.0. The topological polar surface area (TPSA) is 48.7 Å². The van der Waals surface area contributed by atoms with Crippen molar-refractivity contribution in [1.29, 1.82) is 0 Å². The molecule has 4 rings (SSSR count). The van der Waals surface area contributed by atoms with Crippen LogP contribution in [0.3, 0.4) is 0 Å². The summed E-state index contributed by atoms with van der Waals surface area (Å²) in [4.78, 5) is 13.2. The highest BCUT2D eigenvalue weighted by Crippen LogP contribution is 2.33. The molecule has 0 radical (unpaired) electrons. The van der Waals surface area contributed by atoms with E-state index in [1.54, 1.807) is 26.2 Å². The summed E-state index contributed by atoms with van der Waals surface area (Å²) in [5.74, 6) is 2.02. The summed E-state index contributed by atoms with van der Waals surface area (Å²) in [5.41, 5.74) is 3.74. The summed E-state index contributed by atoms with van der Waals surface area (Å²) < 4.78 is 17.6.